The Kier molecular flexibility index (Phi) is 5.98. The van der Waals surface area contributed by atoms with Crippen LogP contribution in [0.4, 0.5) is 17.6 Å². The highest BCUT2D eigenvalue weighted by Gasteiger charge is 2.59. The van der Waals surface area contributed by atoms with Gasteiger partial charge >= 0.3 is 11.8 Å². The van der Waals surface area contributed by atoms with Gasteiger partial charge < -0.3 is 0 Å². The van der Waals surface area contributed by atoms with Crippen LogP contribution in [0.25, 0.3) is 0 Å². The predicted octanol–water partition coefficient (Wildman–Crippen LogP) is 7.60. The topological polar surface area (TPSA) is 0 Å². The van der Waals surface area contributed by atoms with Crippen molar-refractivity contribution in [2.75, 3.05) is 0 Å². The molecule has 0 aromatic heterocycles. The third-order valence-electron chi connectivity index (χ3n) is 6.42. The lowest BCUT2D eigenvalue weighted by atomic mass is 9.75. The molecule has 0 unspecified atom stereocenters. The minimum atomic E-state index is -4.05. The molecule has 0 radical (unpaired) electrons. The zero-order valence-corrected chi connectivity index (χ0v) is 15.7. The van der Waals surface area contributed by atoms with Crippen LogP contribution in [0.3, 0.4) is 0 Å². The maximum atomic E-state index is 14.0. The van der Waals surface area contributed by atoms with Crippen LogP contribution >= 0.6 is 0 Å². The first-order chi connectivity index (χ1) is 12.3. The molecule has 1 aromatic carbocycles. The lowest BCUT2D eigenvalue weighted by molar-refractivity contribution is -0.224. The lowest BCUT2D eigenvalue weighted by Crippen LogP contribution is -2.42. The van der Waals surface area contributed by atoms with Crippen molar-refractivity contribution in [3.63, 3.8) is 0 Å². The number of fused-ring (bicyclic) bond motifs is 1. The Bertz CT molecular complexity index is 600. The molecule has 1 aromatic rings. The molecule has 0 amide bonds. The summed E-state index contributed by atoms with van der Waals surface area (Å²) in [4.78, 5) is 0. The number of unbranched alkanes of at least 4 members (excludes halogenated alkanes) is 3. The summed E-state index contributed by atoms with van der Waals surface area (Å²) < 4.78 is 55.2. The van der Waals surface area contributed by atoms with Gasteiger partial charge in [0.2, 0.25) is 0 Å². The summed E-state index contributed by atoms with van der Waals surface area (Å²) in [5.41, 5.74) is 1.01. The molecule has 4 heteroatoms. The number of hydrogen-bond acceptors (Lipinski definition) is 0. The summed E-state index contributed by atoms with van der Waals surface area (Å²) >= 11 is 0. The van der Waals surface area contributed by atoms with Gasteiger partial charge in [-0.05, 0) is 55.1 Å². The second kappa shape index (κ2) is 7.90. The molecule has 0 heterocycles. The van der Waals surface area contributed by atoms with Crippen LogP contribution in [0.15, 0.2) is 18.2 Å². The molecule has 2 aliphatic rings. The highest BCUT2D eigenvalue weighted by atomic mass is 19.3. The predicted molar refractivity (Wildman–Crippen MR) is 97.1 cm³/mol. The zero-order valence-electron chi connectivity index (χ0n) is 15.7. The average molecular weight is 370 g/mol. The van der Waals surface area contributed by atoms with Gasteiger partial charge in [-0.1, -0.05) is 57.2 Å². The normalized spacial score (nSPS) is 27.1. The standard InChI is InChI=1S/C22H30F4/c1-2-3-4-5-6-16-7-9-17(10-8-16)18-11-12-20-19(15-18)13-14-21(23,24)22(20,25)26/h11-12,15-17H,2-10,13-14H2,1H3. The number of halogens is 4. The molecule has 26 heavy (non-hydrogen) atoms. The van der Waals surface area contributed by atoms with Gasteiger partial charge in [0.05, 0.1) is 0 Å². The van der Waals surface area contributed by atoms with Gasteiger partial charge in [0.1, 0.15) is 0 Å². The molecular weight excluding hydrogens is 340 g/mol. The van der Waals surface area contributed by atoms with E-state index in [2.05, 4.69) is 6.92 Å². The molecule has 0 spiro atoms. The number of hydrogen-bond donors (Lipinski definition) is 0. The van der Waals surface area contributed by atoms with E-state index >= 15 is 0 Å². The van der Waals surface area contributed by atoms with Crippen LogP contribution in [0.5, 0.6) is 0 Å². The van der Waals surface area contributed by atoms with Gasteiger partial charge in [0.25, 0.3) is 0 Å². The fourth-order valence-electron chi connectivity index (χ4n) is 4.67. The van der Waals surface area contributed by atoms with Crippen molar-refractivity contribution < 1.29 is 17.6 Å². The quantitative estimate of drug-likeness (QED) is 0.357. The minimum Gasteiger partial charge on any atom is -0.199 e. The van der Waals surface area contributed by atoms with E-state index in [9.17, 15) is 17.6 Å². The first-order valence-corrected chi connectivity index (χ1v) is 10.2. The molecule has 0 aliphatic heterocycles. The average Bonchev–Trinajstić information content (AvgIpc) is 2.63. The van der Waals surface area contributed by atoms with Crippen molar-refractivity contribution in [1.82, 2.24) is 0 Å². The van der Waals surface area contributed by atoms with Crippen molar-refractivity contribution in [3.8, 4) is 0 Å². The molecule has 0 atom stereocenters. The van der Waals surface area contributed by atoms with E-state index in [-0.39, 0.29) is 6.42 Å². The van der Waals surface area contributed by atoms with Crippen LogP contribution < -0.4 is 0 Å². The van der Waals surface area contributed by atoms with Gasteiger partial charge in [0.15, 0.2) is 0 Å². The van der Waals surface area contributed by atoms with E-state index in [0.717, 1.165) is 24.3 Å². The molecule has 2 aliphatic carbocycles. The van der Waals surface area contributed by atoms with E-state index in [0.29, 0.717) is 11.5 Å². The fourth-order valence-corrected chi connectivity index (χ4v) is 4.67. The smallest absolute Gasteiger partial charge is 0.199 e. The van der Waals surface area contributed by atoms with Gasteiger partial charge in [-0.3, -0.25) is 0 Å². The Balaban J connectivity index is 1.61. The van der Waals surface area contributed by atoms with Gasteiger partial charge in [-0.25, -0.2) is 0 Å². The third kappa shape index (κ3) is 3.94. The van der Waals surface area contributed by atoms with Crippen molar-refractivity contribution in [2.45, 2.75) is 95.3 Å². The highest BCUT2D eigenvalue weighted by molar-refractivity contribution is 5.40. The van der Waals surface area contributed by atoms with Crippen LogP contribution in [0.2, 0.25) is 0 Å². The van der Waals surface area contributed by atoms with Crippen molar-refractivity contribution in [3.05, 3.63) is 34.9 Å². The maximum absolute atomic E-state index is 14.0. The van der Waals surface area contributed by atoms with Gasteiger partial charge in [-0.2, -0.15) is 17.6 Å². The summed E-state index contributed by atoms with van der Waals surface area (Å²) in [6.45, 7) is 2.22. The van der Waals surface area contributed by atoms with E-state index in [4.69, 9.17) is 0 Å². The van der Waals surface area contributed by atoms with Crippen LogP contribution in [-0.2, 0) is 12.3 Å². The Morgan fingerprint density at radius 2 is 1.69 bits per heavy atom. The summed E-state index contributed by atoms with van der Waals surface area (Å²) in [7, 11) is 0. The summed E-state index contributed by atoms with van der Waals surface area (Å²) in [5, 5.41) is 0. The van der Waals surface area contributed by atoms with E-state index in [1.165, 1.54) is 51.0 Å². The van der Waals surface area contributed by atoms with Crippen LogP contribution in [-0.4, -0.2) is 5.92 Å². The number of alkyl halides is 4. The first-order valence-electron chi connectivity index (χ1n) is 10.2. The highest BCUT2D eigenvalue weighted by Crippen LogP contribution is 2.51. The summed E-state index contributed by atoms with van der Waals surface area (Å²) in [6.07, 6.45) is 10.4. The maximum Gasteiger partial charge on any atom is 0.335 e. The zero-order chi connectivity index (χ0) is 18.8. The molecule has 0 nitrogen and oxygen atoms in total. The Morgan fingerprint density at radius 3 is 2.38 bits per heavy atom. The Labute approximate surface area is 154 Å². The SMILES string of the molecule is CCCCCCC1CCC(c2ccc3c(c2)CCC(F)(F)C3(F)F)CC1. The summed E-state index contributed by atoms with van der Waals surface area (Å²) in [6, 6.07) is 4.71. The fraction of sp³-hybridized carbons (Fsp3) is 0.727. The number of rotatable bonds is 6. The van der Waals surface area contributed by atoms with Crippen molar-refractivity contribution in [2.24, 2.45) is 5.92 Å². The second-order valence-corrected chi connectivity index (χ2v) is 8.26. The van der Waals surface area contributed by atoms with E-state index < -0.39 is 23.8 Å². The van der Waals surface area contributed by atoms with Crippen LogP contribution in [0, 0.1) is 5.92 Å². The van der Waals surface area contributed by atoms with Gasteiger partial charge in [0, 0.05) is 12.0 Å². The molecule has 1 fully saturated rings. The molecule has 0 N–H and O–H groups in total. The first kappa shape index (κ1) is 19.7. The van der Waals surface area contributed by atoms with E-state index in [1.807, 2.05) is 0 Å². The molecule has 3 rings (SSSR count). The Morgan fingerprint density at radius 1 is 0.962 bits per heavy atom. The monoisotopic (exact) mass is 370 g/mol. The van der Waals surface area contributed by atoms with E-state index in [1.54, 1.807) is 12.1 Å². The third-order valence-corrected chi connectivity index (χ3v) is 6.42. The number of benzene rings is 1. The molecule has 146 valence electrons. The second-order valence-electron chi connectivity index (χ2n) is 8.26. The minimum absolute atomic E-state index is 0.0402. The largest absolute Gasteiger partial charge is 0.335 e. The molecule has 1 saturated carbocycles. The summed E-state index contributed by atoms with van der Waals surface area (Å²) in [5.74, 6) is -6.79. The van der Waals surface area contributed by atoms with Crippen molar-refractivity contribution >= 4 is 0 Å². The molecular formula is C22H30F4. The molecule has 0 bridgehead atoms. The van der Waals surface area contributed by atoms with Crippen molar-refractivity contribution in [1.29, 1.82) is 0 Å². The molecule has 0 saturated heterocycles. The lowest BCUT2D eigenvalue weighted by Gasteiger charge is -2.34. The van der Waals surface area contributed by atoms with Crippen LogP contribution in [0.1, 0.15) is 93.7 Å². The Hall–Kier alpha value is -1.06. The van der Waals surface area contributed by atoms with Gasteiger partial charge in [-0.15, -0.1) is 0 Å². The number of aryl methyl sites for hydroxylation is 1.